The number of rotatable bonds is 0. The van der Waals surface area contributed by atoms with E-state index in [2.05, 4.69) is 4.98 Å². The standard InChI is InChI=1S/C13H9NO/c15-12-5-1-4-11-10(12)7-6-9-3-2-8-14-13(9)11/h1-8,15H. The normalized spacial score (nSPS) is 10.9. The van der Waals surface area contributed by atoms with Crippen molar-refractivity contribution in [3.8, 4) is 5.75 Å². The van der Waals surface area contributed by atoms with E-state index in [-0.39, 0.29) is 0 Å². The molecule has 15 heavy (non-hydrogen) atoms. The Hall–Kier alpha value is -2.09. The highest BCUT2D eigenvalue weighted by atomic mass is 16.3. The predicted octanol–water partition coefficient (Wildman–Crippen LogP) is 3.09. The first-order valence-electron chi connectivity index (χ1n) is 4.82. The van der Waals surface area contributed by atoms with Crippen molar-refractivity contribution < 1.29 is 5.11 Å². The monoisotopic (exact) mass is 195 g/mol. The summed E-state index contributed by atoms with van der Waals surface area (Å²) in [6.45, 7) is 0. The van der Waals surface area contributed by atoms with Gasteiger partial charge >= 0.3 is 0 Å². The number of fused-ring (bicyclic) bond motifs is 3. The Morgan fingerprint density at radius 3 is 2.73 bits per heavy atom. The number of hydrogen-bond donors (Lipinski definition) is 1. The van der Waals surface area contributed by atoms with E-state index in [1.54, 1.807) is 12.3 Å². The maximum atomic E-state index is 9.70. The molecule has 2 heteroatoms. The summed E-state index contributed by atoms with van der Waals surface area (Å²) >= 11 is 0. The van der Waals surface area contributed by atoms with E-state index in [1.165, 1.54) is 0 Å². The molecule has 0 atom stereocenters. The van der Waals surface area contributed by atoms with Gasteiger partial charge in [0.2, 0.25) is 0 Å². The van der Waals surface area contributed by atoms with Crippen LogP contribution in [0.5, 0.6) is 5.75 Å². The molecule has 0 aliphatic carbocycles. The first kappa shape index (κ1) is 8.24. The molecule has 72 valence electrons. The number of pyridine rings is 1. The van der Waals surface area contributed by atoms with Gasteiger partial charge in [0.25, 0.3) is 0 Å². The molecule has 0 radical (unpaired) electrons. The fourth-order valence-corrected chi connectivity index (χ4v) is 1.89. The third-order valence-corrected chi connectivity index (χ3v) is 2.61. The van der Waals surface area contributed by atoms with Crippen LogP contribution in [0, 0.1) is 0 Å². The summed E-state index contributed by atoms with van der Waals surface area (Å²) < 4.78 is 0. The minimum Gasteiger partial charge on any atom is -0.507 e. The Morgan fingerprint density at radius 2 is 1.80 bits per heavy atom. The average molecular weight is 195 g/mol. The highest BCUT2D eigenvalue weighted by Gasteiger charge is 2.03. The molecule has 0 unspecified atom stereocenters. The lowest BCUT2D eigenvalue weighted by Crippen LogP contribution is -1.80. The van der Waals surface area contributed by atoms with Gasteiger partial charge < -0.3 is 5.11 Å². The molecule has 1 heterocycles. The van der Waals surface area contributed by atoms with Gasteiger partial charge in [-0.05, 0) is 18.2 Å². The van der Waals surface area contributed by atoms with Crippen molar-refractivity contribution in [2.45, 2.75) is 0 Å². The second-order valence-electron chi connectivity index (χ2n) is 3.51. The number of hydrogen-bond acceptors (Lipinski definition) is 2. The lowest BCUT2D eigenvalue weighted by molar-refractivity contribution is 0.481. The number of phenolic OH excluding ortho intramolecular Hbond substituents is 1. The molecule has 0 aliphatic rings. The quantitative estimate of drug-likeness (QED) is 0.559. The molecule has 0 saturated heterocycles. The number of benzene rings is 2. The van der Waals surface area contributed by atoms with Gasteiger partial charge in [-0.2, -0.15) is 0 Å². The van der Waals surface area contributed by atoms with Crippen molar-refractivity contribution in [1.29, 1.82) is 0 Å². The van der Waals surface area contributed by atoms with E-state index in [4.69, 9.17) is 0 Å². The number of aromatic hydroxyl groups is 1. The van der Waals surface area contributed by atoms with Crippen LogP contribution in [0.25, 0.3) is 21.7 Å². The molecule has 1 aromatic heterocycles. The second-order valence-corrected chi connectivity index (χ2v) is 3.51. The molecule has 3 rings (SSSR count). The molecule has 0 saturated carbocycles. The highest BCUT2D eigenvalue weighted by Crippen LogP contribution is 2.29. The Balaban J connectivity index is 2.60. The van der Waals surface area contributed by atoms with Gasteiger partial charge in [-0.1, -0.05) is 24.3 Å². The highest BCUT2D eigenvalue weighted by molar-refractivity contribution is 6.07. The average Bonchev–Trinajstić information content (AvgIpc) is 2.29. The van der Waals surface area contributed by atoms with Gasteiger partial charge in [0.15, 0.2) is 0 Å². The minimum absolute atomic E-state index is 0.306. The lowest BCUT2D eigenvalue weighted by Gasteiger charge is -2.03. The van der Waals surface area contributed by atoms with Crippen LogP contribution < -0.4 is 0 Å². The van der Waals surface area contributed by atoms with E-state index >= 15 is 0 Å². The SMILES string of the molecule is Oc1cccc2c1ccc1cccnc12. The topological polar surface area (TPSA) is 33.1 Å². The smallest absolute Gasteiger partial charge is 0.123 e. The summed E-state index contributed by atoms with van der Waals surface area (Å²) in [7, 11) is 0. The van der Waals surface area contributed by atoms with E-state index in [1.807, 2.05) is 36.4 Å². The van der Waals surface area contributed by atoms with Crippen molar-refractivity contribution in [2.75, 3.05) is 0 Å². The van der Waals surface area contributed by atoms with Crippen LogP contribution in [-0.2, 0) is 0 Å². The predicted molar refractivity (Wildman–Crippen MR) is 60.9 cm³/mol. The summed E-state index contributed by atoms with van der Waals surface area (Å²) in [5.41, 5.74) is 0.936. The lowest BCUT2D eigenvalue weighted by atomic mass is 10.1. The van der Waals surface area contributed by atoms with Gasteiger partial charge in [-0.15, -0.1) is 0 Å². The van der Waals surface area contributed by atoms with Gasteiger partial charge in [0, 0.05) is 22.4 Å². The molecule has 1 N–H and O–H groups in total. The Bertz CT molecular complexity index is 646. The molecule has 2 nitrogen and oxygen atoms in total. The van der Waals surface area contributed by atoms with E-state index < -0.39 is 0 Å². The Kier molecular flexibility index (Phi) is 1.62. The van der Waals surface area contributed by atoms with Crippen LogP contribution in [0.15, 0.2) is 48.7 Å². The van der Waals surface area contributed by atoms with Crippen molar-refractivity contribution >= 4 is 21.7 Å². The van der Waals surface area contributed by atoms with Crippen LogP contribution in [-0.4, -0.2) is 10.1 Å². The number of nitrogens with zero attached hydrogens (tertiary/aromatic N) is 1. The summed E-state index contributed by atoms with van der Waals surface area (Å²) in [5, 5.41) is 12.6. The summed E-state index contributed by atoms with van der Waals surface area (Å²) in [6, 6.07) is 13.3. The zero-order valence-corrected chi connectivity index (χ0v) is 8.01. The fraction of sp³-hybridized carbons (Fsp3) is 0. The molecular formula is C13H9NO. The fourth-order valence-electron chi connectivity index (χ4n) is 1.89. The maximum absolute atomic E-state index is 9.70. The molecule has 0 fully saturated rings. The van der Waals surface area contributed by atoms with Crippen molar-refractivity contribution in [2.24, 2.45) is 0 Å². The molecule has 2 aromatic carbocycles. The largest absolute Gasteiger partial charge is 0.507 e. The van der Waals surface area contributed by atoms with Gasteiger partial charge in [-0.25, -0.2) is 0 Å². The molecular weight excluding hydrogens is 186 g/mol. The zero-order valence-electron chi connectivity index (χ0n) is 8.01. The van der Waals surface area contributed by atoms with E-state index in [0.717, 1.165) is 21.7 Å². The van der Waals surface area contributed by atoms with Crippen molar-refractivity contribution in [3.05, 3.63) is 48.7 Å². The third kappa shape index (κ3) is 1.15. The van der Waals surface area contributed by atoms with Crippen molar-refractivity contribution in [1.82, 2.24) is 4.98 Å². The zero-order chi connectivity index (χ0) is 10.3. The van der Waals surface area contributed by atoms with Crippen LogP contribution in [0.1, 0.15) is 0 Å². The summed E-state index contributed by atoms with van der Waals surface area (Å²) in [6.07, 6.45) is 1.77. The Labute approximate surface area is 86.8 Å². The molecule has 0 spiro atoms. The van der Waals surface area contributed by atoms with Crippen LogP contribution >= 0.6 is 0 Å². The molecule has 0 amide bonds. The number of aromatic nitrogens is 1. The van der Waals surface area contributed by atoms with Crippen LogP contribution in [0.4, 0.5) is 0 Å². The molecule has 0 aliphatic heterocycles. The van der Waals surface area contributed by atoms with Crippen LogP contribution in [0.2, 0.25) is 0 Å². The third-order valence-electron chi connectivity index (χ3n) is 2.61. The van der Waals surface area contributed by atoms with Gasteiger partial charge in [0.05, 0.1) is 5.52 Å². The van der Waals surface area contributed by atoms with E-state index in [9.17, 15) is 5.11 Å². The first-order chi connectivity index (χ1) is 7.36. The molecule has 3 aromatic rings. The van der Waals surface area contributed by atoms with E-state index in [0.29, 0.717) is 5.75 Å². The summed E-state index contributed by atoms with van der Waals surface area (Å²) in [4.78, 5) is 4.34. The van der Waals surface area contributed by atoms with Gasteiger partial charge in [-0.3, -0.25) is 4.98 Å². The van der Waals surface area contributed by atoms with Crippen molar-refractivity contribution in [3.63, 3.8) is 0 Å². The Morgan fingerprint density at radius 1 is 0.867 bits per heavy atom. The second kappa shape index (κ2) is 2.95. The maximum Gasteiger partial charge on any atom is 0.123 e. The molecule has 0 bridgehead atoms. The van der Waals surface area contributed by atoms with Gasteiger partial charge in [0.1, 0.15) is 5.75 Å². The first-order valence-corrected chi connectivity index (χ1v) is 4.82. The summed E-state index contributed by atoms with van der Waals surface area (Å²) in [5.74, 6) is 0.306. The van der Waals surface area contributed by atoms with Crippen LogP contribution in [0.3, 0.4) is 0 Å². The number of phenols is 1. The minimum atomic E-state index is 0.306.